The zero-order valence-electron chi connectivity index (χ0n) is 16.3. The number of methoxy groups -OCH3 is 1. The molecule has 0 spiro atoms. The number of thiazole rings is 1. The Morgan fingerprint density at radius 2 is 2.00 bits per heavy atom. The van der Waals surface area contributed by atoms with Crippen LogP contribution in [0.25, 0.3) is 16.3 Å². The van der Waals surface area contributed by atoms with E-state index in [2.05, 4.69) is 4.99 Å². The summed E-state index contributed by atoms with van der Waals surface area (Å²) in [5, 5.41) is 15.9. The van der Waals surface area contributed by atoms with E-state index in [0.717, 1.165) is 11.3 Å². The van der Waals surface area contributed by atoms with Crippen LogP contribution in [-0.2, 0) is 26.1 Å². The highest BCUT2D eigenvalue weighted by molar-refractivity contribution is 7.89. The van der Waals surface area contributed by atoms with Crippen molar-refractivity contribution in [2.45, 2.75) is 11.4 Å². The number of non-ortho nitro benzene ring substituents is 1. The number of nitrogens with two attached hydrogens (primary N) is 1. The van der Waals surface area contributed by atoms with Crippen LogP contribution in [0.15, 0.2) is 58.4 Å². The van der Waals surface area contributed by atoms with Gasteiger partial charge in [0.2, 0.25) is 10.0 Å². The zero-order chi connectivity index (χ0) is 22.6. The van der Waals surface area contributed by atoms with E-state index in [-0.39, 0.29) is 10.6 Å². The van der Waals surface area contributed by atoms with Crippen molar-refractivity contribution in [2.24, 2.45) is 10.1 Å². The van der Waals surface area contributed by atoms with Gasteiger partial charge in [0.15, 0.2) is 4.80 Å². The first-order chi connectivity index (χ1) is 14.7. The quantitative estimate of drug-likeness (QED) is 0.323. The van der Waals surface area contributed by atoms with Crippen molar-refractivity contribution in [3.8, 4) is 0 Å². The lowest BCUT2D eigenvalue weighted by Gasteiger charge is -2.04. The lowest BCUT2D eigenvalue weighted by atomic mass is 10.2. The lowest BCUT2D eigenvalue weighted by Crippen LogP contribution is -2.19. The van der Waals surface area contributed by atoms with Gasteiger partial charge in [-0.05, 0) is 42.0 Å². The maximum absolute atomic E-state index is 12.4. The van der Waals surface area contributed by atoms with Crippen LogP contribution in [0.4, 0.5) is 5.69 Å². The fourth-order valence-electron chi connectivity index (χ4n) is 2.72. The summed E-state index contributed by atoms with van der Waals surface area (Å²) in [5.41, 5.74) is 1.26. The summed E-state index contributed by atoms with van der Waals surface area (Å²) in [7, 11) is -2.32. The van der Waals surface area contributed by atoms with E-state index in [1.807, 2.05) is 0 Å². The van der Waals surface area contributed by atoms with E-state index >= 15 is 0 Å². The second-order valence-corrected chi connectivity index (χ2v) is 8.91. The van der Waals surface area contributed by atoms with Crippen molar-refractivity contribution in [1.29, 1.82) is 0 Å². The zero-order valence-corrected chi connectivity index (χ0v) is 17.9. The number of primary sulfonamides is 1. The molecule has 2 aromatic carbocycles. The lowest BCUT2D eigenvalue weighted by molar-refractivity contribution is -0.384. The summed E-state index contributed by atoms with van der Waals surface area (Å²) in [6, 6.07) is 10.2. The summed E-state index contributed by atoms with van der Waals surface area (Å²) in [4.78, 5) is 27.0. The van der Waals surface area contributed by atoms with Crippen molar-refractivity contribution >= 4 is 49.2 Å². The Bertz CT molecular complexity index is 1340. The molecule has 0 atom stereocenters. The molecule has 0 fully saturated rings. The van der Waals surface area contributed by atoms with Crippen LogP contribution in [0.3, 0.4) is 0 Å². The molecule has 3 aromatic rings. The maximum atomic E-state index is 12.4. The van der Waals surface area contributed by atoms with Crippen molar-refractivity contribution in [2.75, 3.05) is 13.7 Å². The molecule has 0 aliphatic rings. The van der Waals surface area contributed by atoms with Gasteiger partial charge in [0.05, 0.1) is 26.6 Å². The fraction of sp³-hybridized carbons (Fsp3) is 0.158. The fourth-order valence-corrected chi connectivity index (χ4v) is 4.44. The minimum atomic E-state index is -3.86. The normalized spacial score (nSPS) is 12.6. The van der Waals surface area contributed by atoms with Crippen molar-refractivity contribution in [3.05, 3.63) is 69.0 Å². The van der Waals surface area contributed by atoms with Crippen molar-refractivity contribution in [3.63, 3.8) is 0 Å². The molecule has 0 aliphatic heterocycles. The molecule has 0 bridgehead atoms. The molecule has 1 heterocycles. The minimum Gasteiger partial charge on any atom is -0.383 e. The number of fused-ring (bicyclic) bond motifs is 1. The topological polar surface area (TPSA) is 147 Å². The molecule has 0 saturated carbocycles. The standard InChI is InChI=1S/C19H18N4O6S2/c1-29-11-10-22-16-8-7-15(31(20,27)28)12-17(16)30-19(22)21-18(24)9-4-13-2-5-14(6-3-13)23(25)26/h2-9,12H,10-11H2,1H3,(H2,20,27,28)/b9-4-,21-19?. The van der Waals surface area contributed by atoms with E-state index in [9.17, 15) is 23.3 Å². The molecule has 0 saturated heterocycles. The first-order valence-corrected chi connectivity index (χ1v) is 11.2. The van der Waals surface area contributed by atoms with Gasteiger partial charge in [0.1, 0.15) is 0 Å². The summed E-state index contributed by atoms with van der Waals surface area (Å²) in [6.45, 7) is 0.770. The second-order valence-electron chi connectivity index (χ2n) is 6.34. The highest BCUT2D eigenvalue weighted by atomic mass is 32.2. The Morgan fingerprint density at radius 3 is 2.61 bits per heavy atom. The van der Waals surface area contributed by atoms with Gasteiger partial charge in [-0.1, -0.05) is 11.3 Å². The summed E-state index contributed by atoms with van der Waals surface area (Å²) in [6.07, 6.45) is 2.75. The molecule has 0 unspecified atom stereocenters. The number of ether oxygens (including phenoxy) is 1. The Kier molecular flexibility index (Phi) is 6.75. The number of rotatable bonds is 7. The number of amides is 1. The SMILES string of the molecule is COCCn1c(=NC(=O)/C=C\c2ccc([N+](=O)[O-])cc2)sc2cc(S(N)(=O)=O)ccc21. The summed E-state index contributed by atoms with van der Waals surface area (Å²) < 4.78 is 30.7. The predicted molar refractivity (Wildman–Crippen MR) is 116 cm³/mol. The largest absolute Gasteiger partial charge is 0.383 e. The predicted octanol–water partition coefficient (Wildman–Crippen LogP) is 2.05. The van der Waals surface area contributed by atoms with Crippen LogP contribution in [0, 0.1) is 10.1 Å². The van der Waals surface area contributed by atoms with E-state index in [4.69, 9.17) is 9.88 Å². The second kappa shape index (κ2) is 9.31. The number of aromatic nitrogens is 1. The molecule has 2 N–H and O–H groups in total. The molecule has 162 valence electrons. The molecule has 12 heteroatoms. The molecular weight excluding hydrogens is 444 g/mol. The Balaban J connectivity index is 1.96. The van der Waals surface area contributed by atoms with Crippen LogP contribution >= 0.6 is 11.3 Å². The third-order valence-electron chi connectivity index (χ3n) is 4.23. The number of nitro benzene ring substituents is 1. The van der Waals surface area contributed by atoms with Gasteiger partial charge < -0.3 is 9.30 Å². The van der Waals surface area contributed by atoms with Crippen LogP contribution < -0.4 is 9.94 Å². The molecule has 1 aromatic heterocycles. The number of nitro groups is 1. The minimum absolute atomic E-state index is 0.0314. The molecule has 0 radical (unpaired) electrons. The molecule has 1 amide bonds. The summed E-state index contributed by atoms with van der Waals surface area (Å²) >= 11 is 1.15. The van der Waals surface area contributed by atoms with Crippen molar-refractivity contribution < 1.29 is 22.9 Å². The van der Waals surface area contributed by atoms with Crippen molar-refractivity contribution in [1.82, 2.24) is 4.57 Å². The Morgan fingerprint density at radius 1 is 1.29 bits per heavy atom. The van der Waals surface area contributed by atoms with Gasteiger partial charge in [0.25, 0.3) is 11.6 Å². The van der Waals surface area contributed by atoms with Crippen LogP contribution in [0.5, 0.6) is 0 Å². The van der Waals surface area contributed by atoms with Gasteiger partial charge in [-0.3, -0.25) is 14.9 Å². The first kappa shape index (κ1) is 22.5. The monoisotopic (exact) mass is 462 g/mol. The van der Waals surface area contributed by atoms with Gasteiger partial charge >= 0.3 is 0 Å². The van der Waals surface area contributed by atoms with E-state index in [1.54, 1.807) is 17.7 Å². The number of nitrogens with zero attached hydrogens (tertiary/aromatic N) is 3. The number of hydrogen-bond acceptors (Lipinski definition) is 7. The molecule has 3 rings (SSSR count). The van der Waals surface area contributed by atoms with Crippen LogP contribution in [0.1, 0.15) is 5.56 Å². The molecule has 31 heavy (non-hydrogen) atoms. The smallest absolute Gasteiger partial charge is 0.272 e. The van der Waals surface area contributed by atoms with Crippen LogP contribution in [0.2, 0.25) is 0 Å². The van der Waals surface area contributed by atoms with Gasteiger partial charge in [-0.15, -0.1) is 0 Å². The average Bonchev–Trinajstić information content (AvgIpc) is 3.06. The third kappa shape index (κ3) is 5.49. The first-order valence-electron chi connectivity index (χ1n) is 8.85. The van der Waals surface area contributed by atoms with E-state index < -0.39 is 20.9 Å². The number of sulfonamides is 1. The Hall–Kier alpha value is -3.19. The van der Waals surface area contributed by atoms with Gasteiger partial charge in [-0.25, -0.2) is 13.6 Å². The highest BCUT2D eigenvalue weighted by Crippen LogP contribution is 2.21. The average molecular weight is 463 g/mol. The van der Waals surface area contributed by atoms with Gasteiger partial charge in [-0.2, -0.15) is 4.99 Å². The number of benzene rings is 2. The summed E-state index contributed by atoms with van der Waals surface area (Å²) in [5.74, 6) is -0.539. The number of carbonyl (C=O) groups is 1. The van der Waals surface area contributed by atoms with Crippen LogP contribution in [-0.4, -0.2) is 37.5 Å². The number of hydrogen-bond donors (Lipinski definition) is 1. The third-order valence-corrected chi connectivity index (χ3v) is 6.18. The molecular formula is C19H18N4O6S2. The van der Waals surface area contributed by atoms with Gasteiger partial charge in [0, 0.05) is 31.9 Å². The number of carbonyl (C=O) groups excluding carboxylic acids is 1. The molecule has 10 nitrogen and oxygen atoms in total. The Labute approximate surface area is 181 Å². The van der Waals surface area contributed by atoms with E-state index in [1.165, 1.54) is 48.6 Å². The molecule has 0 aliphatic carbocycles. The maximum Gasteiger partial charge on any atom is 0.272 e. The van der Waals surface area contributed by atoms with E-state index in [0.29, 0.717) is 33.7 Å². The highest BCUT2D eigenvalue weighted by Gasteiger charge is 2.13.